The Kier molecular flexibility index (Phi) is 6.09. The van der Waals surface area contributed by atoms with Crippen LogP contribution in [0.2, 0.25) is 0 Å². The molecule has 2 aliphatic rings. The van der Waals surface area contributed by atoms with Crippen LogP contribution in [0, 0.1) is 5.92 Å². The molecule has 0 saturated carbocycles. The lowest BCUT2D eigenvalue weighted by molar-refractivity contribution is -0.137. The quantitative estimate of drug-likeness (QED) is 0.656. The molecular formula is C22H26N2O4S2. The van der Waals surface area contributed by atoms with Crippen LogP contribution in [0.1, 0.15) is 53.9 Å². The van der Waals surface area contributed by atoms with Crippen LogP contribution >= 0.6 is 11.3 Å². The van der Waals surface area contributed by atoms with Gasteiger partial charge in [0.25, 0.3) is 0 Å². The molecule has 2 fully saturated rings. The Bertz CT molecular complexity index is 1030. The fraction of sp³-hybridized carbons (Fsp3) is 0.455. The van der Waals surface area contributed by atoms with Crippen LogP contribution in [0.15, 0.2) is 46.7 Å². The molecule has 4 rings (SSSR count). The van der Waals surface area contributed by atoms with Crippen LogP contribution in [0.5, 0.6) is 0 Å². The van der Waals surface area contributed by atoms with Gasteiger partial charge in [-0.2, -0.15) is 4.31 Å². The Hall–Kier alpha value is -2.03. The molecule has 2 aromatic rings. The highest BCUT2D eigenvalue weighted by atomic mass is 32.2. The second-order valence-corrected chi connectivity index (χ2v) is 10.9. The second-order valence-electron chi connectivity index (χ2n) is 7.97. The highest BCUT2D eigenvalue weighted by Gasteiger charge is 2.38. The first-order chi connectivity index (χ1) is 14.4. The van der Waals surface area contributed by atoms with Gasteiger partial charge in [-0.05, 0) is 56.2 Å². The number of nitrogens with zero attached hydrogens (tertiary/aromatic N) is 2. The molecule has 8 heteroatoms. The van der Waals surface area contributed by atoms with Crippen molar-refractivity contribution in [3.8, 4) is 0 Å². The number of rotatable bonds is 5. The number of hydrogen-bond donors (Lipinski definition) is 0. The third-order valence-corrected chi connectivity index (χ3v) is 8.96. The van der Waals surface area contributed by atoms with Gasteiger partial charge in [0.1, 0.15) is 0 Å². The average Bonchev–Trinajstić information content (AvgIpc) is 3.45. The van der Waals surface area contributed by atoms with Crippen molar-refractivity contribution in [2.45, 2.75) is 43.5 Å². The summed E-state index contributed by atoms with van der Waals surface area (Å²) >= 11 is 1.69. The van der Waals surface area contributed by atoms with Gasteiger partial charge < -0.3 is 4.90 Å². The van der Waals surface area contributed by atoms with Crippen molar-refractivity contribution in [3.05, 3.63) is 52.2 Å². The molecule has 1 atom stereocenters. The van der Waals surface area contributed by atoms with E-state index in [1.807, 2.05) is 16.3 Å². The molecule has 1 aromatic carbocycles. The minimum atomic E-state index is -3.67. The number of sulfonamides is 1. The number of likely N-dealkylation sites (tertiary alicyclic amines) is 1. The zero-order chi connectivity index (χ0) is 21.3. The summed E-state index contributed by atoms with van der Waals surface area (Å²) in [4.78, 5) is 28.1. The molecular weight excluding hydrogens is 420 g/mol. The molecule has 2 saturated heterocycles. The maximum atomic E-state index is 13.2. The minimum absolute atomic E-state index is 0.136. The van der Waals surface area contributed by atoms with E-state index in [-0.39, 0.29) is 28.5 Å². The topological polar surface area (TPSA) is 74.8 Å². The summed E-state index contributed by atoms with van der Waals surface area (Å²) in [6, 6.07) is 10.4. The van der Waals surface area contributed by atoms with E-state index in [0.29, 0.717) is 31.5 Å². The Morgan fingerprint density at radius 1 is 1.03 bits per heavy atom. The number of amides is 1. The van der Waals surface area contributed by atoms with Gasteiger partial charge in [0.15, 0.2) is 5.78 Å². The lowest BCUT2D eigenvalue weighted by atomic mass is 9.96. The molecule has 1 aromatic heterocycles. The van der Waals surface area contributed by atoms with Crippen LogP contribution < -0.4 is 0 Å². The van der Waals surface area contributed by atoms with E-state index >= 15 is 0 Å². The maximum absolute atomic E-state index is 13.2. The number of thiophene rings is 1. The Morgan fingerprint density at radius 3 is 2.47 bits per heavy atom. The number of carbonyl (C=O) groups excluding carboxylic acids is 2. The minimum Gasteiger partial charge on any atom is -0.335 e. The summed E-state index contributed by atoms with van der Waals surface area (Å²) in [6.07, 6.45) is 3.05. The van der Waals surface area contributed by atoms with E-state index in [4.69, 9.17) is 0 Å². The third-order valence-electron chi connectivity index (χ3n) is 6.09. The number of benzene rings is 1. The molecule has 3 heterocycles. The highest BCUT2D eigenvalue weighted by Crippen LogP contribution is 2.37. The summed E-state index contributed by atoms with van der Waals surface area (Å²) in [5.41, 5.74) is 0.384. The molecule has 1 amide bonds. The molecule has 0 spiro atoms. The number of Topliss-reactive ketones (excluding diaryl/α,β-unsaturated/α-hetero) is 1. The maximum Gasteiger partial charge on any atom is 0.243 e. The molecule has 0 bridgehead atoms. The number of piperidine rings is 1. The lowest BCUT2D eigenvalue weighted by Crippen LogP contribution is -2.44. The molecule has 2 aliphatic heterocycles. The summed E-state index contributed by atoms with van der Waals surface area (Å²) < 4.78 is 27.5. The normalized spacial score (nSPS) is 21.1. The summed E-state index contributed by atoms with van der Waals surface area (Å²) in [5, 5.41) is 2.04. The Balaban J connectivity index is 1.43. The fourth-order valence-corrected chi connectivity index (χ4v) is 6.80. The van der Waals surface area contributed by atoms with Gasteiger partial charge in [-0.1, -0.05) is 18.2 Å². The van der Waals surface area contributed by atoms with E-state index in [1.165, 1.54) is 28.2 Å². The fourth-order valence-electron chi connectivity index (χ4n) is 4.41. The van der Waals surface area contributed by atoms with Gasteiger partial charge in [-0.3, -0.25) is 9.59 Å². The standard InChI is InChI=1S/C22H26N2O4S2/c1-16(25)18-5-2-6-19(15-18)30(27,28)23-12-9-17(10-13-23)22(26)24-11-3-7-20(24)21-8-4-14-29-21/h2,4-6,8,14-15,17,20H,3,7,9-13H2,1H3/t20-/m0/s1. The smallest absolute Gasteiger partial charge is 0.243 e. The molecule has 6 nitrogen and oxygen atoms in total. The number of ketones is 1. The summed E-state index contributed by atoms with van der Waals surface area (Å²) in [7, 11) is -3.67. The van der Waals surface area contributed by atoms with Gasteiger partial charge in [0, 0.05) is 36.0 Å². The molecule has 0 N–H and O–H groups in total. The average molecular weight is 447 g/mol. The van der Waals surface area contributed by atoms with Gasteiger partial charge in [0.05, 0.1) is 10.9 Å². The first kappa shape index (κ1) is 21.2. The Labute approximate surface area is 181 Å². The highest BCUT2D eigenvalue weighted by molar-refractivity contribution is 7.89. The van der Waals surface area contributed by atoms with Crippen LogP contribution in [-0.2, 0) is 14.8 Å². The molecule has 30 heavy (non-hydrogen) atoms. The third kappa shape index (κ3) is 4.08. The van der Waals surface area contributed by atoms with Crippen LogP contribution in [0.4, 0.5) is 0 Å². The van der Waals surface area contributed by atoms with E-state index in [9.17, 15) is 18.0 Å². The van der Waals surface area contributed by atoms with Crippen molar-refractivity contribution in [2.75, 3.05) is 19.6 Å². The van der Waals surface area contributed by atoms with Crippen molar-refractivity contribution in [1.82, 2.24) is 9.21 Å². The molecule has 0 radical (unpaired) electrons. The van der Waals surface area contributed by atoms with Crippen molar-refractivity contribution >= 4 is 33.1 Å². The predicted molar refractivity (Wildman–Crippen MR) is 116 cm³/mol. The van der Waals surface area contributed by atoms with Crippen LogP contribution in [0.25, 0.3) is 0 Å². The van der Waals surface area contributed by atoms with Gasteiger partial charge in [0.2, 0.25) is 15.9 Å². The predicted octanol–water partition coefficient (Wildman–Crippen LogP) is 3.72. The van der Waals surface area contributed by atoms with Gasteiger partial charge in [-0.25, -0.2) is 8.42 Å². The first-order valence-electron chi connectivity index (χ1n) is 10.3. The molecule has 160 valence electrons. The zero-order valence-electron chi connectivity index (χ0n) is 17.0. The van der Waals surface area contributed by atoms with Gasteiger partial charge in [-0.15, -0.1) is 11.3 Å². The largest absolute Gasteiger partial charge is 0.335 e. The van der Waals surface area contributed by atoms with E-state index in [2.05, 4.69) is 6.07 Å². The van der Waals surface area contributed by atoms with Crippen molar-refractivity contribution in [1.29, 1.82) is 0 Å². The van der Waals surface area contributed by atoms with Crippen LogP contribution in [0.3, 0.4) is 0 Å². The van der Waals surface area contributed by atoms with Crippen LogP contribution in [-0.4, -0.2) is 48.9 Å². The zero-order valence-corrected chi connectivity index (χ0v) is 18.6. The second kappa shape index (κ2) is 8.61. The van der Waals surface area contributed by atoms with E-state index in [0.717, 1.165) is 19.4 Å². The number of hydrogen-bond acceptors (Lipinski definition) is 5. The Morgan fingerprint density at radius 2 is 1.80 bits per heavy atom. The molecule has 0 unspecified atom stereocenters. The van der Waals surface area contributed by atoms with Crippen molar-refractivity contribution in [2.24, 2.45) is 5.92 Å². The number of carbonyl (C=O) groups is 2. The lowest BCUT2D eigenvalue weighted by Gasteiger charge is -2.34. The summed E-state index contributed by atoms with van der Waals surface area (Å²) in [5.74, 6) is -0.149. The van der Waals surface area contributed by atoms with E-state index in [1.54, 1.807) is 23.5 Å². The van der Waals surface area contributed by atoms with Crippen molar-refractivity contribution in [3.63, 3.8) is 0 Å². The summed E-state index contributed by atoms with van der Waals surface area (Å²) in [6.45, 7) is 2.84. The monoisotopic (exact) mass is 446 g/mol. The molecule has 0 aliphatic carbocycles. The SMILES string of the molecule is CC(=O)c1cccc(S(=O)(=O)N2CCC(C(=O)N3CCC[C@H]3c3cccs3)CC2)c1. The van der Waals surface area contributed by atoms with E-state index < -0.39 is 10.0 Å². The first-order valence-corrected chi connectivity index (χ1v) is 12.6. The van der Waals surface area contributed by atoms with Crippen molar-refractivity contribution < 1.29 is 18.0 Å². The van der Waals surface area contributed by atoms with Gasteiger partial charge >= 0.3 is 0 Å².